The summed E-state index contributed by atoms with van der Waals surface area (Å²) in [7, 11) is 0. The molecule has 1 unspecified atom stereocenters. The van der Waals surface area contributed by atoms with E-state index >= 15 is 0 Å². The van der Waals surface area contributed by atoms with E-state index in [1.165, 1.54) is 4.90 Å². The molecule has 6 heteroatoms. The first-order valence-corrected chi connectivity index (χ1v) is 7.76. The largest absolute Gasteiger partial charge is 0.446 e. The molecule has 6 nitrogen and oxygen atoms in total. The average Bonchev–Trinajstić information content (AvgIpc) is 2.54. The molecular weight excluding hydrogens is 308 g/mol. The molecule has 0 aromatic heterocycles. The molecule has 0 aliphatic carbocycles. The van der Waals surface area contributed by atoms with E-state index in [0.29, 0.717) is 24.5 Å². The zero-order chi connectivity index (χ0) is 17.9. The van der Waals surface area contributed by atoms with Gasteiger partial charge in [0, 0.05) is 24.8 Å². The quantitative estimate of drug-likeness (QED) is 0.724. The summed E-state index contributed by atoms with van der Waals surface area (Å²) in [5.41, 5.74) is 0.479. The van der Waals surface area contributed by atoms with Gasteiger partial charge < -0.3 is 14.4 Å². The Hall–Kier alpha value is -2.76. The molecule has 0 saturated carbocycles. The molecule has 24 heavy (non-hydrogen) atoms. The highest BCUT2D eigenvalue weighted by molar-refractivity contribution is 5.85. The SMILES string of the molecule is C=CCN(CC=C)C(=O)Oc1cccc(NC(=O)OC(C)CC)c1. The molecule has 1 aromatic rings. The number of benzene rings is 1. The van der Waals surface area contributed by atoms with Crippen LogP contribution in [0.15, 0.2) is 49.6 Å². The van der Waals surface area contributed by atoms with E-state index in [1.807, 2.05) is 13.8 Å². The summed E-state index contributed by atoms with van der Waals surface area (Å²) in [4.78, 5) is 25.3. The van der Waals surface area contributed by atoms with Crippen LogP contribution >= 0.6 is 0 Å². The molecule has 0 saturated heterocycles. The zero-order valence-corrected chi connectivity index (χ0v) is 14.2. The van der Waals surface area contributed by atoms with Crippen molar-refractivity contribution in [1.82, 2.24) is 4.90 Å². The van der Waals surface area contributed by atoms with Crippen molar-refractivity contribution in [2.45, 2.75) is 26.4 Å². The first-order chi connectivity index (χ1) is 11.5. The van der Waals surface area contributed by atoms with Crippen molar-refractivity contribution >= 4 is 17.9 Å². The molecule has 0 spiro atoms. The van der Waals surface area contributed by atoms with Crippen molar-refractivity contribution in [3.8, 4) is 5.75 Å². The highest BCUT2D eigenvalue weighted by Crippen LogP contribution is 2.18. The molecular formula is C18H24N2O4. The van der Waals surface area contributed by atoms with Crippen LogP contribution < -0.4 is 10.1 Å². The van der Waals surface area contributed by atoms with Gasteiger partial charge in [-0.2, -0.15) is 0 Å². The van der Waals surface area contributed by atoms with E-state index in [-0.39, 0.29) is 6.10 Å². The van der Waals surface area contributed by atoms with E-state index in [0.717, 1.165) is 6.42 Å². The van der Waals surface area contributed by atoms with E-state index in [4.69, 9.17) is 9.47 Å². The Morgan fingerprint density at radius 3 is 2.54 bits per heavy atom. The van der Waals surface area contributed by atoms with Gasteiger partial charge in [0.25, 0.3) is 0 Å². The molecule has 2 amide bonds. The van der Waals surface area contributed by atoms with E-state index in [1.54, 1.807) is 36.4 Å². The molecule has 1 N–H and O–H groups in total. The second-order valence-corrected chi connectivity index (χ2v) is 5.13. The summed E-state index contributed by atoms with van der Waals surface area (Å²) >= 11 is 0. The average molecular weight is 332 g/mol. The highest BCUT2D eigenvalue weighted by atomic mass is 16.6. The number of nitrogens with one attached hydrogen (secondary N) is 1. The minimum atomic E-state index is -0.548. The topological polar surface area (TPSA) is 67.9 Å². The molecule has 0 fully saturated rings. The van der Waals surface area contributed by atoms with Gasteiger partial charge in [0.2, 0.25) is 0 Å². The third-order valence-electron chi connectivity index (χ3n) is 3.13. The molecule has 1 atom stereocenters. The third-order valence-corrected chi connectivity index (χ3v) is 3.13. The van der Waals surface area contributed by atoms with Crippen LogP contribution in [0.1, 0.15) is 20.3 Å². The van der Waals surface area contributed by atoms with Crippen molar-refractivity contribution in [1.29, 1.82) is 0 Å². The number of carbonyl (C=O) groups excluding carboxylic acids is 2. The van der Waals surface area contributed by atoms with Gasteiger partial charge in [-0.1, -0.05) is 25.1 Å². The van der Waals surface area contributed by atoms with Crippen molar-refractivity contribution in [2.75, 3.05) is 18.4 Å². The van der Waals surface area contributed by atoms with Crippen LogP contribution in [0, 0.1) is 0 Å². The summed E-state index contributed by atoms with van der Waals surface area (Å²) in [5.74, 6) is 0.319. The highest BCUT2D eigenvalue weighted by Gasteiger charge is 2.14. The summed E-state index contributed by atoms with van der Waals surface area (Å²) < 4.78 is 10.4. The van der Waals surface area contributed by atoms with E-state index in [2.05, 4.69) is 18.5 Å². The number of anilines is 1. The number of carbonyl (C=O) groups is 2. The lowest BCUT2D eigenvalue weighted by Gasteiger charge is -2.18. The van der Waals surface area contributed by atoms with Gasteiger partial charge in [0.15, 0.2) is 0 Å². The second kappa shape index (κ2) is 10.1. The predicted octanol–water partition coefficient (Wildman–Crippen LogP) is 4.21. The van der Waals surface area contributed by atoms with Crippen LogP contribution in [-0.4, -0.2) is 36.3 Å². The Balaban J connectivity index is 2.70. The molecule has 0 heterocycles. The number of ether oxygens (including phenoxy) is 2. The Morgan fingerprint density at radius 2 is 1.96 bits per heavy atom. The molecule has 0 bridgehead atoms. The van der Waals surface area contributed by atoms with Gasteiger partial charge in [-0.05, 0) is 25.5 Å². The number of hydrogen-bond donors (Lipinski definition) is 1. The standard InChI is InChI=1S/C18H24N2O4/c1-5-11-20(12-6-2)18(22)24-16-10-8-9-15(13-16)19-17(21)23-14(4)7-3/h5-6,8-10,13-14H,1-2,7,11-12H2,3-4H3,(H,19,21). The monoisotopic (exact) mass is 332 g/mol. The fourth-order valence-corrected chi connectivity index (χ4v) is 1.75. The maximum atomic E-state index is 12.1. The molecule has 1 aromatic carbocycles. The summed E-state index contributed by atoms with van der Waals surface area (Å²) in [6.45, 7) is 11.6. The lowest BCUT2D eigenvalue weighted by molar-refractivity contribution is 0.118. The smallest absolute Gasteiger partial charge is 0.415 e. The zero-order valence-electron chi connectivity index (χ0n) is 14.2. The van der Waals surface area contributed by atoms with Crippen molar-refractivity contribution in [3.63, 3.8) is 0 Å². The number of hydrogen-bond acceptors (Lipinski definition) is 4. The molecule has 0 aliphatic rings. The number of amides is 2. The van der Waals surface area contributed by atoms with Crippen molar-refractivity contribution < 1.29 is 19.1 Å². The van der Waals surface area contributed by atoms with Crippen molar-refractivity contribution in [3.05, 3.63) is 49.6 Å². The lowest BCUT2D eigenvalue weighted by atomic mass is 10.3. The molecule has 1 rings (SSSR count). The fourth-order valence-electron chi connectivity index (χ4n) is 1.75. The van der Waals surface area contributed by atoms with Gasteiger partial charge in [-0.25, -0.2) is 9.59 Å². The maximum Gasteiger partial charge on any atom is 0.415 e. The van der Waals surface area contributed by atoms with E-state index in [9.17, 15) is 9.59 Å². The Kier molecular flexibility index (Phi) is 8.11. The first-order valence-electron chi connectivity index (χ1n) is 7.76. The molecule has 0 aliphatic heterocycles. The molecule has 0 radical (unpaired) electrons. The summed E-state index contributed by atoms with van der Waals surface area (Å²) in [6.07, 6.45) is 2.70. The second-order valence-electron chi connectivity index (χ2n) is 5.13. The predicted molar refractivity (Wildman–Crippen MR) is 94.3 cm³/mol. The van der Waals surface area contributed by atoms with Gasteiger partial charge >= 0.3 is 12.2 Å². The van der Waals surface area contributed by atoms with Gasteiger partial charge in [-0.3, -0.25) is 5.32 Å². The first kappa shape index (κ1) is 19.3. The Bertz CT molecular complexity index is 576. The minimum Gasteiger partial charge on any atom is -0.446 e. The van der Waals surface area contributed by atoms with Crippen LogP contribution in [0.25, 0.3) is 0 Å². The third kappa shape index (κ3) is 6.56. The Morgan fingerprint density at radius 1 is 1.29 bits per heavy atom. The van der Waals surface area contributed by atoms with Crippen LogP contribution in [-0.2, 0) is 4.74 Å². The van der Waals surface area contributed by atoms with Crippen LogP contribution in [0.4, 0.5) is 15.3 Å². The van der Waals surface area contributed by atoms with Gasteiger partial charge in [0.05, 0.1) is 0 Å². The number of rotatable bonds is 8. The maximum absolute atomic E-state index is 12.1. The minimum absolute atomic E-state index is 0.169. The number of nitrogens with zero attached hydrogens (tertiary/aromatic N) is 1. The van der Waals surface area contributed by atoms with Crippen LogP contribution in [0.2, 0.25) is 0 Å². The van der Waals surface area contributed by atoms with Crippen LogP contribution in [0.5, 0.6) is 5.75 Å². The lowest BCUT2D eigenvalue weighted by Crippen LogP contribution is -2.33. The fraction of sp³-hybridized carbons (Fsp3) is 0.333. The van der Waals surface area contributed by atoms with Crippen LogP contribution in [0.3, 0.4) is 0 Å². The molecule has 130 valence electrons. The summed E-state index contributed by atoms with van der Waals surface area (Å²) in [6, 6.07) is 6.53. The van der Waals surface area contributed by atoms with Gasteiger partial charge in [-0.15, -0.1) is 13.2 Å². The normalized spacial score (nSPS) is 11.1. The summed E-state index contributed by atoms with van der Waals surface area (Å²) in [5, 5.41) is 2.60. The van der Waals surface area contributed by atoms with Crippen molar-refractivity contribution in [2.24, 2.45) is 0 Å². The van der Waals surface area contributed by atoms with E-state index < -0.39 is 12.2 Å². The van der Waals surface area contributed by atoms with Gasteiger partial charge in [0.1, 0.15) is 11.9 Å². The Labute approximate surface area is 142 Å².